The van der Waals surface area contributed by atoms with E-state index in [9.17, 15) is 9.59 Å². The van der Waals surface area contributed by atoms with Gasteiger partial charge in [0.2, 0.25) is 11.8 Å². The van der Waals surface area contributed by atoms with Crippen molar-refractivity contribution in [3.8, 4) is 22.8 Å². The van der Waals surface area contributed by atoms with E-state index in [0.717, 1.165) is 27.7 Å². The molecule has 2 aromatic heterocycles. The largest absolute Gasteiger partial charge is 0.494 e. The van der Waals surface area contributed by atoms with Gasteiger partial charge < -0.3 is 20.1 Å². The number of amides is 2. The number of rotatable bonds is 10. The van der Waals surface area contributed by atoms with Crippen molar-refractivity contribution in [1.82, 2.24) is 14.7 Å². The molecule has 2 aromatic carbocycles. The highest BCUT2D eigenvalue weighted by atomic mass is 32.1. The van der Waals surface area contributed by atoms with E-state index in [1.165, 1.54) is 18.3 Å². The summed E-state index contributed by atoms with van der Waals surface area (Å²) in [6, 6.07) is 15.0. The van der Waals surface area contributed by atoms with Crippen molar-refractivity contribution in [1.29, 1.82) is 0 Å². The first-order valence-electron chi connectivity index (χ1n) is 11.0. The van der Waals surface area contributed by atoms with Crippen LogP contribution in [0.2, 0.25) is 0 Å². The fraction of sp³-hybridized carbons (Fsp3) is 0.240. The predicted octanol–water partition coefficient (Wildman–Crippen LogP) is 4.16. The van der Waals surface area contributed by atoms with E-state index in [1.807, 2.05) is 47.2 Å². The standard InChI is InChI=1S/C25H26N4O4S/c1-3-32-21-8-4-18(5-9-21)23-15-29-20(16-34-25(29)28-23)14-24(31)27-19-6-10-22(11-7-19)33-13-12-26-17(2)30/h4-11,15-16H,3,12-14H2,1-2H3,(H,26,30)(H,27,31). The van der Waals surface area contributed by atoms with E-state index in [4.69, 9.17) is 14.5 Å². The molecule has 176 valence electrons. The third-order valence-electron chi connectivity index (χ3n) is 4.97. The fourth-order valence-corrected chi connectivity index (χ4v) is 4.26. The molecule has 0 radical (unpaired) electrons. The van der Waals surface area contributed by atoms with Crippen molar-refractivity contribution in [2.45, 2.75) is 20.3 Å². The van der Waals surface area contributed by atoms with Gasteiger partial charge in [-0.15, -0.1) is 11.3 Å². The van der Waals surface area contributed by atoms with Gasteiger partial charge in [-0.2, -0.15) is 0 Å². The van der Waals surface area contributed by atoms with Crippen LogP contribution in [0.25, 0.3) is 16.2 Å². The van der Waals surface area contributed by atoms with Gasteiger partial charge in [0.1, 0.15) is 18.1 Å². The number of anilines is 1. The molecule has 2 amide bonds. The van der Waals surface area contributed by atoms with Crippen molar-refractivity contribution in [3.05, 3.63) is 65.8 Å². The normalized spacial score (nSPS) is 10.8. The Balaban J connectivity index is 1.35. The molecule has 0 saturated carbocycles. The quantitative estimate of drug-likeness (QED) is 0.334. The Morgan fingerprint density at radius 1 is 1.03 bits per heavy atom. The highest BCUT2D eigenvalue weighted by Gasteiger charge is 2.13. The van der Waals surface area contributed by atoms with Crippen LogP contribution in [0.1, 0.15) is 19.5 Å². The van der Waals surface area contributed by atoms with Crippen LogP contribution in [0.5, 0.6) is 11.5 Å². The lowest BCUT2D eigenvalue weighted by Crippen LogP contribution is -2.25. The fourth-order valence-electron chi connectivity index (χ4n) is 3.38. The molecule has 0 bridgehead atoms. The van der Waals surface area contributed by atoms with Crippen LogP contribution in [0.4, 0.5) is 5.69 Å². The Morgan fingerprint density at radius 3 is 2.44 bits per heavy atom. The zero-order valence-corrected chi connectivity index (χ0v) is 19.9. The number of nitrogens with zero attached hydrogens (tertiary/aromatic N) is 2. The summed E-state index contributed by atoms with van der Waals surface area (Å²) in [6.45, 7) is 4.87. The van der Waals surface area contributed by atoms with Gasteiger partial charge in [-0.1, -0.05) is 0 Å². The van der Waals surface area contributed by atoms with Gasteiger partial charge in [-0.05, 0) is 55.5 Å². The van der Waals surface area contributed by atoms with Crippen LogP contribution < -0.4 is 20.1 Å². The summed E-state index contributed by atoms with van der Waals surface area (Å²) in [5, 5.41) is 7.54. The number of hydrogen-bond donors (Lipinski definition) is 2. The molecule has 9 heteroatoms. The molecule has 0 aliphatic carbocycles. The number of benzene rings is 2. The molecule has 0 atom stereocenters. The Hall–Kier alpha value is -3.85. The van der Waals surface area contributed by atoms with Crippen molar-refractivity contribution in [3.63, 3.8) is 0 Å². The molecule has 0 unspecified atom stereocenters. The molecule has 0 saturated heterocycles. The number of imidazole rings is 1. The zero-order chi connectivity index (χ0) is 23.9. The molecule has 0 fully saturated rings. The summed E-state index contributed by atoms with van der Waals surface area (Å²) < 4.78 is 13.0. The van der Waals surface area contributed by atoms with E-state index < -0.39 is 0 Å². The van der Waals surface area contributed by atoms with Gasteiger partial charge in [-0.3, -0.25) is 14.0 Å². The molecule has 8 nitrogen and oxygen atoms in total. The average molecular weight is 479 g/mol. The molecule has 2 N–H and O–H groups in total. The van der Waals surface area contributed by atoms with Crippen LogP contribution in [-0.4, -0.2) is 41.0 Å². The Morgan fingerprint density at radius 2 is 1.74 bits per heavy atom. The number of fused-ring (bicyclic) bond motifs is 1. The lowest BCUT2D eigenvalue weighted by atomic mass is 10.1. The number of nitrogens with one attached hydrogen (secondary N) is 2. The van der Waals surface area contributed by atoms with Gasteiger partial charge in [0.15, 0.2) is 4.96 Å². The second-order valence-corrected chi connectivity index (χ2v) is 8.38. The van der Waals surface area contributed by atoms with E-state index in [-0.39, 0.29) is 18.2 Å². The number of carbonyl (C=O) groups excluding carboxylic acids is 2. The number of aromatic nitrogens is 2. The van der Waals surface area contributed by atoms with Crippen molar-refractivity contribution < 1.29 is 19.1 Å². The minimum Gasteiger partial charge on any atom is -0.494 e. The van der Waals surface area contributed by atoms with Gasteiger partial charge in [0, 0.05) is 35.4 Å². The molecule has 4 rings (SSSR count). The minimum atomic E-state index is -0.115. The Labute approximate surface area is 201 Å². The van der Waals surface area contributed by atoms with Crippen molar-refractivity contribution in [2.24, 2.45) is 0 Å². The average Bonchev–Trinajstić information content (AvgIpc) is 3.40. The van der Waals surface area contributed by atoms with Crippen LogP contribution in [-0.2, 0) is 16.0 Å². The minimum absolute atomic E-state index is 0.0901. The SMILES string of the molecule is CCOc1ccc(-c2cn3c(CC(=O)Nc4ccc(OCCNC(C)=O)cc4)csc3n2)cc1. The topological polar surface area (TPSA) is 94.0 Å². The van der Waals surface area contributed by atoms with E-state index >= 15 is 0 Å². The third kappa shape index (κ3) is 5.93. The molecule has 2 heterocycles. The van der Waals surface area contributed by atoms with Crippen LogP contribution in [0.3, 0.4) is 0 Å². The number of carbonyl (C=O) groups is 2. The summed E-state index contributed by atoms with van der Waals surface area (Å²) in [6.07, 6.45) is 2.19. The third-order valence-corrected chi connectivity index (χ3v) is 5.86. The molecule has 4 aromatic rings. The summed E-state index contributed by atoms with van der Waals surface area (Å²) in [4.78, 5) is 29.0. The summed E-state index contributed by atoms with van der Waals surface area (Å²) >= 11 is 1.51. The summed E-state index contributed by atoms with van der Waals surface area (Å²) in [5.41, 5.74) is 3.41. The number of hydrogen-bond acceptors (Lipinski definition) is 6. The Bertz CT molecular complexity index is 1260. The molecule has 34 heavy (non-hydrogen) atoms. The second-order valence-electron chi connectivity index (χ2n) is 7.54. The monoisotopic (exact) mass is 478 g/mol. The van der Waals surface area contributed by atoms with Crippen molar-refractivity contribution >= 4 is 33.8 Å². The molecule has 0 aliphatic rings. The Kier molecular flexibility index (Phi) is 7.44. The lowest BCUT2D eigenvalue weighted by molar-refractivity contribution is -0.119. The summed E-state index contributed by atoms with van der Waals surface area (Å²) in [7, 11) is 0. The van der Waals surface area contributed by atoms with Gasteiger partial charge in [0.25, 0.3) is 0 Å². The van der Waals surface area contributed by atoms with Gasteiger partial charge >= 0.3 is 0 Å². The van der Waals surface area contributed by atoms with Gasteiger partial charge in [-0.25, -0.2) is 4.98 Å². The maximum Gasteiger partial charge on any atom is 0.230 e. The molecule has 0 spiro atoms. The molecular formula is C25H26N4O4S. The van der Waals surface area contributed by atoms with Crippen LogP contribution in [0, 0.1) is 0 Å². The smallest absolute Gasteiger partial charge is 0.230 e. The van der Waals surface area contributed by atoms with Crippen LogP contribution in [0.15, 0.2) is 60.1 Å². The maximum absolute atomic E-state index is 12.6. The van der Waals surface area contributed by atoms with E-state index in [1.54, 1.807) is 24.3 Å². The highest BCUT2D eigenvalue weighted by molar-refractivity contribution is 7.15. The predicted molar refractivity (Wildman–Crippen MR) is 133 cm³/mol. The summed E-state index contributed by atoms with van der Waals surface area (Å²) in [5.74, 6) is 1.29. The van der Waals surface area contributed by atoms with E-state index in [2.05, 4.69) is 10.6 Å². The first-order chi connectivity index (χ1) is 16.5. The van der Waals surface area contributed by atoms with Gasteiger partial charge in [0.05, 0.1) is 25.3 Å². The number of ether oxygens (including phenoxy) is 2. The van der Waals surface area contributed by atoms with Crippen LogP contribution >= 0.6 is 11.3 Å². The van der Waals surface area contributed by atoms with Crippen molar-refractivity contribution in [2.75, 3.05) is 25.1 Å². The second kappa shape index (κ2) is 10.8. The maximum atomic E-state index is 12.6. The number of thiazole rings is 1. The first-order valence-corrected chi connectivity index (χ1v) is 11.9. The highest BCUT2D eigenvalue weighted by Crippen LogP contribution is 2.26. The molecule has 0 aliphatic heterocycles. The zero-order valence-electron chi connectivity index (χ0n) is 19.0. The molecular weight excluding hydrogens is 452 g/mol. The van der Waals surface area contributed by atoms with E-state index in [0.29, 0.717) is 31.2 Å². The first kappa shape index (κ1) is 23.3. The lowest BCUT2D eigenvalue weighted by Gasteiger charge is -2.08.